The lowest BCUT2D eigenvalue weighted by Crippen LogP contribution is -2.15. The SMILES string of the molecule is CCOC(=O)Cc1csc(NC(=O)CSc2nc3ccccc3c3nc(C)nn23)n1. The maximum atomic E-state index is 12.4. The van der Waals surface area contributed by atoms with E-state index in [-0.39, 0.29) is 24.1 Å². The Morgan fingerprint density at radius 2 is 2.07 bits per heavy atom. The number of ether oxygens (including phenoxy) is 1. The first-order chi connectivity index (χ1) is 14.5. The number of nitrogens with zero attached hydrogens (tertiary/aromatic N) is 5. The highest BCUT2D eigenvalue weighted by Crippen LogP contribution is 2.24. The van der Waals surface area contributed by atoms with Gasteiger partial charge in [0.05, 0.1) is 30.0 Å². The van der Waals surface area contributed by atoms with Crippen molar-refractivity contribution in [1.82, 2.24) is 24.6 Å². The zero-order valence-electron chi connectivity index (χ0n) is 16.3. The zero-order valence-corrected chi connectivity index (χ0v) is 17.9. The Kier molecular flexibility index (Phi) is 5.91. The molecule has 1 aromatic carbocycles. The number of aromatic nitrogens is 5. The van der Waals surface area contributed by atoms with Gasteiger partial charge in [-0.1, -0.05) is 23.9 Å². The number of nitrogens with one attached hydrogen (secondary N) is 1. The summed E-state index contributed by atoms with van der Waals surface area (Å²) < 4.78 is 6.57. The van der Waals surface area contributed by atoms with Crippen LogP contribution in [0.1, 0.15) is 18.4 Å². The van der Waals surface area contributed by atoms with Gasteiger partial charge < -0.3 is 10.1 Å². The van der Waals surface area contributed by atoms with E-state index in [1.807, 2.05) is 31.2 Å². The molecule has 0 aliphatic rings. The minimum absolute atomic E-state index is 0.0829. The maximum absolute atomic E-state index is 12.4. The van der Waals surface area contributed by atoms with E-state index in [2.05, 4.69) is 25.4 Å². The topological polar surface area (TPSA) is 111 Å². The third kappa shape index (κ3) is 4.41. The van der Waals surface area contributed by atoms with Crippen molar-refractivity contribution in [2.45, 2.75) is 25.4 Å². The van der Waals surface area contributed by atoms with E-state index in [0.717, 1.165) is 10.9 Å². The standard InChI is InChI=1S/C19H18N6O3S2/c1-3-28-16(27)8-12-9-29-18(21-12)23-15(26)10-30-19-22-14-7-5-4-6-13(14)17-20-11(2)24-25(17)19/h4-7,9H,3,8,10H2,1-2H3,(H,21,23,26). The van der Waals surface area contributed by atoms with Crippen LogP contribution in [-0.4, -0.2) is 48.8 Å². The van der Waals surface area contributed by atoms with Crippen LogP contribution in [0.25, 0.3) is 16.6 Å². The number of anilines is 1. The van der Waals surface area contributed by atoms with Crippen molar-refractivity contribution in [3.05, 3.63) is 41.2 Å². The van der Waals surface area contributed by atoms with E-state index in [4.69, 9.17) is 4.74 Å². The average Bonchev–Trinajstić information content (AvgIpc) is 3.32. The van der Waals surface area contributed by atoms with Crippen molar-refractivity contribution in [2.24, 2.45) is 0 Å². The Morgan fingerprint density at radius 1 is 1.23 bits per heavy atom. The fraction of sp³-hybridized carbons (Fsp3) is 0.263. The lowest BCUT2D eigenvalue weighted by molar-refractivity contribution is -0.142. The van der Waals surface area contributed by atoms with Crippen LogP contribution in [0, 0.1) is 6.92 Å². The molecule has 0 bridgehead atoms. The molecule has 0 saturated carbocycles. The fourth-order valence-electron chi connectivity index (χ4n) is 2.82. The van der Waals surface area contributed by atoms with Gasteiger partial charge in [0.1, 0.15) is 5.82 Å². The van der Waals surface area contributed by atoms with Crippen LogP contribution in [0.5, 0.6) is 0 Å². The van der Waals surface area contributed by atoms with Crippen LogP contribution < -0.4 is 5.32 Å². The summed E-state index contributed by atoms with van der Waals surface area (Å²) in [4.78, 5) is 37.3. The van der Waals surface area contributed by atoms with E-state index in [1.165, 1.54) is 23.1 Å². The highest BCUT2D eigenvalue weighted by atomic mass is 32.2. The molecular formula is C19H18N6O3S2. The van der Waals surface area contributed by atoms with E-state index in [0.29, 0.717) is 34.1 Å². The second-order valence-electron chi connectivity index (χ2n) is 6.27. The van der Waals surface area contributed by atoms with E-state index in [9.17, 15) is 9.59 Å². The van der Waals surface area contributed by atoms with Gasteiger partial charge in [0, 0.05) is 10.8 Å². The molecule has 0 saturated heterocycles. The van der Waals surface area contributed by atoms with Gasteiger partial charge in [-0.2, -0.15) is 4.52 Å². The summed E-state index contributed by atoms with van der Waals surface area (Å²) in [5.41, 5.74) is 2.07. The van der Waals surface area contributed by atoms with E-state index >= 15 is 0 Å². The zero-order chi connectivity index (χ0) is 21.1. The monoisotopic (exact) mass is 442 g/mol. The number of hydrogen-bond acceptors (Lipinski definition) is 9. The normalized spacial score (nSPS) is 11.1. The number of amides is 1. The van der Waals surface area contributed by atoms with Crippen molar-refractivity contribution >= 4 is 56.7 Å². The van der Waals surface area contributed by atoms with Gasteiger partial charge in [-0.25, -0.2) is 15.0 Å². The number of benzene rings is 1. The van der Waals surface area contributed by atoms with Crippen molar-refractivity contribution in [2.75, 3.05) is 17.7 Å². The molecule has 3 aromatic heterocycles. The second-order valence-corrected chi connectivity index (χ2v) is 8.07. The van der Waals surface area contributed by atoms with Gasteiger partial charge in [-0.05, 0) is 26.0 Å². The minimum atomic E-state index is -0.342. The first kappa shape index (κ1) is 20.2. The molecule has 1 amide bonds. The van der Waals surface area contributed by atoms with Crippen LogP contribution in [-0.2, 0) is 20.7 Å². The average molecular weight is 443 g/mol. The molecule has 11 heteroatoms. The highest BCUT2D eigenvalue weighted by Gasteiger charge is 2.15. The van der Waals surface area contributed by atoms with E-state index < -0.39 is 0 Å². The molecule has 30 heavy (non-hydrogen) atoms. The smallest absolute Gasteiger partial charge is 0.311 e. The predicted molar refractivity (Wildman–Crippen MR) is 115 cm³/mol. The summed E-state index contributed by atoms with van der Waals surface area (Å²) in [6.45, 7) is 3.89. The molecule has 1 N–H and O–H groups in total. The van der Waals surface area contributed by atoms with Gasteiger partial charge in [0.15, 0.2) is 15.9 Å². The van der Waals surface area contributed by atoms with Crippen LogP contribution >= 0.6 is 23.1 Å². The number of carbonyl (C=O) groups is 2. The number of rotatable bonds is 7. The molecule has 0 radical (unpaired) electrons. The summed E-state index contributed by atoms with van der Waals surface area (Å²) in [6.07, 6.45) is 0.0829. The molecule has 4 aromatic rings. The largest absolute Gasteiger partial charge is 0.466 e. The summed E-state index contributed by atoms with van der Waals surface area (Å²) >= 11 is 2.53. The van der Waals surface area contributed by atoms with Gasteiger partial charge in [-0.3, -0.25) is 9.59 Å². The van der Waals surface area contributed by atoms with Gasteiger partial charge >= 0.3 is 5.97 Å². The Bertz CT molecular complexity index is 1240. The molecule has 0 atom stereocenters. The molecule has 0 unspecified atom stereocenters. The molecule has 0 spiro atoms. The second kappa shape index (κ2) is 8.76. The molecule has 3 heterocycles. The lowest BCUT2D eigenvalue weighted by atomic mass is 10.2. The minimum Gasteiger partial charge on any atom is -0.466 e. The summed E-state index contributed by atoms with van der Waals surface area (Å²) in [5.74, 6) is 0.200. The first-order valence-corrected chi connectivity index (χ1v) is 11.0. The van der Waals surface area contributed by atoms with Gasteiger partial charge in [0.2, 0.25) is 5.91 Å². The maximum Gasteiger partial charge on any atom is 0.311 e. The number of thioether (sulfide) groups is 1. The lowest BCUT2D eigenvalue weighted by Gasteiger charge is -2.06. The van der Waals surface area contributed by atoms with Gasteiger partial charge in [-0.15, -0.1) is 16.4 Å². The van der Waals surface area contributed by atoms with Crippen LogP contribution in [0.4, 0.5) is 5.13 Å². The Hall–Kier alpha value is -3.05. The molecule has 0 fully saturated rings. The number of aryl methyl sites for hydroxylation is 1. The summed E-state index contributed by atoms with van der Waals surface area (Å²) in [6, 6.07) is 7.69. The summed E-state index contributed by atoms with van der Waals surface area (Å²) in [5, 5.41) is 10.8. The number of fused-ring (bicyclic) bond motifs is 3. The van der Waals surface area contributed by atoms with Crippen molar-refractivity contribution < 1.29 is 14.3 Å². The van der Waals surface area contributed by atoms with Crippen LogP contribution in [0.15, 0.2) is 34.8 Å². The number of para-hydroxylation sites is 1. The number of thiazole rings is 1. The number of hydrogen-bond donors (Lipinski definition) is 1. The molecule has 4 rings (SSSR count). The van der Waals surface area contributed by atoms with E-state index in [1.54, 1.807) is 16.8 Å². The Labute approximate surface area is 179 Å². The molecule has 154 valence electrons. The van der Waals surface area contributed by atoms with Crippen LogP contribution in [0.2, 0.25) is 0 Å². The predicted octanol–water partition coefficient (Wildman–Crippen LogP) is 2.88. The third-order valence-electron chi connectivity index (χ3n) is 4.02. The number of carbonyl (C=O) groups excluding carboxylic acids is 2. The third-order valence-corrected chi connectivity index (χ3v) is 5.75. The molecule has 9 nitrogen and oxygen atoms in total. The quantitative estimate of drug-likeness (QED) is 0.264. The molecule has 0 aliphatic heterocycles. The Morgan fingerprint density at radius 3 is 2.90 bits per heavy atom. The van der Waals surface area contributed by atoms with Crippen molar-refractivity contribution in [1.29, 1.82) is 0 Å². The molecule has 0 aliphatic carbocycles. The van der Waals surface area contributed by atoms with Crippen LogP contribution in [0.3, 0.4) is 0 Å². The first-order valence-electron chi connectivity index (χ1n) is 9.18. The van der Waals surface area contributed by atoms with Crippen molar-refractivity contribution in [3.8, 4) is 0 Å². The summed E-state index contributed by atoms with van der Waals surface area (Å²) in [7, 11) is 0. The highest BCUT2D eigenvalue weighted by molar-refractivity contribution is 7.99. The molecular weight excluding hydrogens is 424 g/mol. The fourth-order valence-corrected chi connectivity index (χ4v) is 4.29. The van der Waals surface area contributed by atoms with Gasteiger partial charge in [0.25, 0.3) is 0 Å². The van der Waals surface area contributed by atoms with Crippen molar-refractivity contribution in [3.63, 3.8) is 0 Å². The Balaban J connectivity index is 1.44. The number of esters is 1.